The fourth-order valence-electron chi connectivity index (χ4n) is 2.96. The minimum atomic E-state index is -4.00. The van der Waals surface area contributed by atoms with Gasteiger partial charge in [-0.15, -0.1) is 0 Å². The average Bonchev–Trinajstić information content (AvgIpc) is 3.24. The Morgan fingerprint density at radius 3 is 2.23 bits per heavy atom. The summed E-state index contributed by atoms with van der Waals surface area (Å²) < 4.78 is 47.3. The van der Waals surface area contributed by atoms with Crippen LogP contribution in [0.15, 0.2) is 96.3 Å². The Hall–Kier alpha value is -3.85. The van der Waals surface area contributed by atoms with Crippen LogP contribution in [0.5, 0.6) is 11.5 Å². The molecule has 1 aromatic heterocycles. The van der Waals surface area contributed by atoms with Crippen LogP contribution in [-0.2, 0) is 16.4 Å². The number of methoxy groups -OCH3 is 1. The van der Waals surface area contributed by atoms with Gasteiger partial charge >= 0.3 is 5.82 Å². The second-order valence-electron chi connectivity index (χ2n) is 6.43. The molecule has 0 radical (unpaired) electrons. The molecule has 0 unspecified atom stereocenters. The maximum atomic E-state index is 13.3. The molecule has 0 bridgehead atoms. The van der Waals surface area contributed by atoms with E-state index in [2.05, 4.69) is 9.68 Å². The second-order valence-corrected chi connectivity index (χ2v) is 8.35. The van der Waals surface area contributed by atoms with Crippen LogP contribution < -0.4 is 15.3 Å². The van der Waals surface area contributed by atoms with Gasteiger partial charge in [-0.05, 0) is 28.9 Å². The molecule has 1 heterocycles. The fourth-order valence-corrected chi connectivity index (χ4v) is 4.43. The zero-order valence-corrected chi connectivity index (χ0v) is 17.2. The molecule has 0 aliphatic rings. The van der Waals surface area contributed by atoms with Gasteiger partial charge in [0.2, 0.25) is 9.84 Å². The van der Waals surface area contributed by atoms with Gasteiger partial charge < -0.3 is 13.9 Å². The van der Waals surface area contributed by atoms with Gasteiger partial charge in [-0.25, -0.2) is 13.2 Å². The van der Waals surface area contributed by atoms with E-state index < -0.39 is 15.7 Å². The van der Waals surface area contributed by atoms with Crippen molar-refractivity contribution in [3.8, 4) is 23.0 Å². The standard InChI is InChI=1S/C22H17NO7S/c1-27-18-13-20(31(25,26)16-10-6-3-7-11-16)17(21-23-30-22(24)29-21)12-19(18)28-14-15-8-4-2-5-9-15/h2-13H,14H2,1H3. The summed E-state index contributed by atoms with van der Waals surface area (Å²) in [6.07, 6.45) is 0. The van der Waals surface area contributed by atoms with Crippen LogP contribution >= 0.6 is 0 Å². The first kappa shape index (κ1) is 20.4. The van der Waals surface area contributed by atoms with Crippen LogP contribution in [0.2, 0.25) is 0 Å². The fraction of sp³-hybridized carbons (Fsp3) is 0.0909. The zero-order valence-electron chi connectivity index (χ0n) is 16.3. The van der Waals surface area contributed by atoms with E-state index in [1.165, 1.54) is 31.4 Å². The molecule has 8 nitrogen and oxygen atoms in total. The highest BCUT2D eigenvalue weighted by atomic mass is 32.2. The van der Waals surface area contributed by atoms with E-state index in [0.717, 1.165) is 5.56 Å². The SMILES string of the molecule is COc1cc(S(=O)(=O)c2ccccc2)c(-c2noc(=O)o2)cc1OCc1ccccc1. The molecule has 3 aromatic carbocycles. The van der Waals surface area contributed by atoms with Crippen LogP contribution in [0.25, 0.3) is 11.5 Å². The van der Waals surface area contributed by atoms with E-state index in [1.54, 1.807) is 18.2 Å². The molecule has 0 aliphatic carbocycles. The number of sulfone groups is 1. The highest BCUT2D eigenvalue weighted by Gasteiger charge is 2.28. The molecule has 158 valence electrons. The van der Waals surface area contributed by atoms with Crippen molar-refractivity contribution in [2.24, 2.45) is 0 Å². The number of rotatable bonds is 7. The summed E-state index contributed by atoms with van der Waals surface area (Å²) in [6, 6.07) is 20.0. The molecule has 0 amide bonds. The molecular formula is C22H17NO7S. The lowest BCUT2D eigenvalue weighted by atomic mass is 10.2. The van der Waals surface area contributed by atoms with Gasteiger partial charge in [-0.2, -0.15) is 0 Å². The number of aromatic nitrogens is 1. The van der Waals surface area contributed by atoms with Crippen LogP contribution in [0.3, 0.4) is 0 Å². The Bertz CT molecular complexity index is 1340. The summed E-state index contributed by atoms with van der Waals surface area (Å²) in [5, 5.41) is 3.55. The van der Waals surface area contributed by atoms with Crippen molar-refractivity contribution in [3.05, 3.63) is 89.0 Å². The van der Waals surface area contributed by atoms with Crippen molar-refractivity contribution < 1.29 is 26.8 Å². The maximum absolute atomic E-state index is 13.3. The molecular weight excluding hydrogens is 422 g/mol. The highest BCUT2D eigenvalue weighted by molar-refractivity contribution is 7.91. The number of benzene rings is 3. The molecule has 0 saturated carbocycles. The Labute approximate surface area is 177 Å². The molecule has 0 aliphatic heterocycles. The predicted molar refractivity (Wildman–Crippen MR) is 110 cm³/mol. The molecule has 9 heteroatoms. The Morgan fingerprint density at radius 1 is 0.935 bits per heavy atom. The molecule has 0 saturated heterocycles. The largest absolute Gasteiger partial charge is 0.542 e. The number of nitrogens with zero attached hydrogens (tertiary/aromatic N) is 1. The van der Waals surface area contributed by atoms with Crippen molar-refractivity contribution in [2.75, 3.05) is 7.11 Å². The predicted octanol–water partition coefficient (Wildman–Crippen LogP) is 3.72. The van der Waals surface area contributed by atoms with E-state index in [4.69, 9.17) is 13.9 Å². The summed E-state index contributed by atoms with van der Waals surface area (Å²) in [7, 11) is -2.60. The minimum Gasteiger partial charge on any atom is -0.493 e. The van der Waals surface area contributed by atoms with Crippen LogP contribution in [0.1, 0.15) is 5.56 Å². The summed E-state index contributed by atoms with van der Waals surface area (Å²) in [4.78, 5) is 11.3. The summed E-state index contributed by atoms with van der Waals surface area (Å²) in [6.45, 7) is 0.212. The van der Waals surface area contributed by atoms with Gasteiger partial charge in [0.05, 0.1) is 22.5 Å². The number of ether oxygens (including phenoxy) is 2. The van der Waals surface area contributed by atoms with Crippen molar-refractivity contribution in [3.63, 3.8) is 0 Å². The second kappa shape index (κ2) is 8.49. The molecule has 0 fully saturated rings. The van der Waals surface area contributed by atoms with Gasteiger partial charge in [0.1, 0.15) is 6.61 Å². The van der Waals surface area contributed by atoms with E-state index in [9.17, 15) is 13.2 Å². The van der Waals surface area contributed by atoms with E-state index in [0.29, 0.717) is 0 Å². The number of hydrogen-bond donors (Lipinski definition) is 0. The van der Waals surface area contributed by atoms with E-state index in [1.807, 2.05) is 30.3 Å². The summed E-state index contributed by atoms with van der Waals surface area (Å²) in [5.74, 6) is -0.897. The first-order valence-corrected chi connectivity index (χ1v) is 10.6. The third-order valence-corrected chi connectivity index (χ3v) is 6.27. The zero-order chi connectivity index (χ0) is 21.8. The first-order chi connectivity index (χ1) is 15.0. The van der Waals surface area contributed by atoms with Crippen LogP contribution in [0, 0.1) is 0 Å². The van der Waals surface area contributed by atoms with Crippen LogP contribution in [0.4, 0.5) is 0 Å². The third kappa shape index (κ3) is 4.22. The Balaban J connectivity index is 1.85. The lowest BCUT2D eigenvalue weighted by Gasteiger charge is -2.15. The average molecular weight is 439 g/mol. The Morgan fingerprint density at radius 2 is 1.61 bits per heavy atom. The van der Waals surface area contributed by atoms with Crippen molar-refractivity contribution in [2.45, 2.75) is 16.4 Å². The lowest BCUT2D eigenvalue weighted by Crippen LogP contribution is -2.06. The molecule has 4 aromatic rings. The summed E-state index contributed by atoms with van der Waals surface area (Å²) in [5.41, 5.74) is 0.915. The van der Waals surface area contributed by atoms with Gasteiger partial charge in [-0.1, -0.05) is 48.5 Å². The first-order valence-electron chi connectivity index (χ1n) is 9.15. The van der Waals surface area contributed by atoms with E-state index >= 15 is 0 Å². The van der Waals surface area contributed by atoms with Gasteiger partial charge in [-0.3, -0.25) is 4.52 Å². The van der Waals surface area contributed by atoms with Crippen LogP contribution in [-0.4, -0.2) is 20.7 Å². The molecule has 31 heavy (non-hydrogen) atoms. The van der Waals surface area contributed by atoms with Crippen molar-refractivity contribution >= 4 is 9.84 Å². The van der Waals surface area contributed by atoms with Crippen molar-refractivity contribution in [1.29, 1.82) is 0 Å². The molecule has 0 N–H and O–H groups in total. The quantitative estimate of drug-likeness (QED) is 0.429. The summed E-state index contributed by atoms with van der Waals surface area (Å²) >= 11 is 0. The highest BCUT2D eigenvalue weighted by Crippen LogP contribution is 2.39. The normalized spacial score (nSPS) is 11.3. The third-order valence-electron chi connectivity index (χ3n) is 4.46. The van der Waals surface area contributed by atoms with Gasteiger partial charge in [0.25, 0.3) is 5.89 Å². The maximum Gasteiger partial charge on any atom is 0.542 e. The Kier molecular flexibility index (Phi) is 5.59. The van der Waals surface area contributed by atoms with Crippen molar-refractivity contribution in [1.82, 2.24) is 5.16 Å². The molecule has 0 atom stereocenters. The number of hydrogen-bond acceptors (Lipinski definition) is 8. The minimum absolute atomic E-state index is 0.0126. The smallest absolute Gasteiger partial charge is 0.493 e. The van der Waals surface area contributed by atoms with Gasteiger partial charge in [0, 0.05) is 6.07 Å². The monoisotopic (exact) mass is 439 g/mol. The topological polar surface area (TPSA) is 109 Å². The van der Waals surface area contributed by atoms with E-state index in [-0.39, 0.29) is 39.4 Å². The van der Waals surface area contributed by atoms with Gasteiger partial charge in [0.15, 0.2) is 11.5 Å². The molecule has 4 rings (SSSR count). The lowest BCUT2D eigenvalue weighted by molar-refractivity contribution is 0.284. The molecule has 0 spiro atoms.